The van der Waals surface area contributed by atoms with Gasteiger partial charge in [-0.05, 0) is 24.3 Å². The summed E-state index contributed by atoms with van der Waals surface area (Å²) in [4.78, 5) is 4.55. The highest BCUT2D eigenvalue weighted by Crippen LogP contribution is 2.17. The van der Waals surface area contributed by atoms with Gasteiger partial charge in [-0.15, -0.1) is 0 Å². The van der Waals surface area contributed by atoms with Gasteiger partial charge in [0.25, 0.3) is 0 Å². The number of aryl methyl sites for hydroxylation is 1. The van der Waals surface area contributed by atoms with Crippen LogP contribution in [0.2, 0.25) is 0 Å². The molecular formula is C14H15N3O. The molecule has 0 bridgehead atoms. The second-order valence-electron chi connectivity index (χ2n) is 4.24. The fourth-order valence-electron chi connectivity index (χ4n) is 2.06. The summed E-state index contributed by atoms with van der Waals surface area (Å²) in [5, 5.41) is 3.33. The van der Waals surface area contributed by atoms with Crippen LogP contribution in [0.1, 0.15) is 5.76 Å². The van der Waals surface area contributed by atoms with Gasteiger partial charge in [0.1, 0.15) is 5.76 Å². The van der Waals surface area contributed by atoms with Crippen LogP contribution in [0.25, 0.3) is 11.0 Å². The van der Waals surface area contributed by atoms with E-state index in [0.717, 1.165) is 35.7 Å². The lowest BCUT2D eigenvalue weighted by molar-refractivity contribution is 0.512. The Morgan fingerprint density at radius 1 is 1.22 bits per heavy atom. The van der Waals surface area contributed by atoms with Gasteiger partial charge in [0.05, 0.1) is 17.3 Å². The Balaban J connectivity index is 1.73. The second-order valence-corrected chi connectivity index (χ2v) is 4.24. The number of nitrogens with one attached hydrogen (secondary N) is 1. The van der Waals surface area contributed by atoms with E-state index in [4.69, 9.17) is 4.42 Å². The molecule has 0 aliphatic heterocycles. The summed E-state index contributed by atoms with van der Waals surface area (Å²) in [6.07, 6.45) is 2.56. The van der Waals surface area contributed by atoms with Gasteiger partial charge >= 0.3 is 0 Å². The molecule has 0 spiro atoms. The fraction of sp³-hybridized carbons (Fsp3) is 0.214. The number of nitrogens with zero attached hydrogens (tertiary/aromatic N) is 2. The third-order valence-electron chi connectivity index (χ3n) is 3.02. The van der Waals surface area contributed by atoms with Crippen LogP contribution in [0, 0.1) is 0 Å². The molecule has 3 rings (SSSR count). The van der Waals surface area contributed by atoms with Crippen molar-refractivity contribution in [1.82, 2.24) is 9.55 Å². The summed E-state index contributed by atoms with van der Waals surface area (Å²) in [6.45, 7) is 0.810. The Morgan fingerprint density at radius 3 is 2.89 bits per heavy atom. The van der Waals surface area contributed by atoms with E-state index in [2.05, 4.69) is 20.9 Å². The number of hydrogen-bond acceptors (Lipinski definition) is 3. The van der Waals surface area contributed by atoms with Crippen LogP contribution in [-0.4, -0.2) is 16.1 Å². The number of imidazole rings is 1. The van der Waals surface area contributed by atoms with Crippen LogP contribution in [0.15, 0.2) is 47.1 Å². The zero-order valence-corrected chi connectivity index (χ0v) is 10.3. The third kappa shape index (κ3) is 1.97. The number of rotatable bonds is 4. The van der Waals surface area contributed by atoms with E-state index in [1.165, 1.54) is 0 Å². The smallest absolute Gasteiger partial charge is 0.203 e. The molecule has 0 fully saturated rings. The monoisotopic (exact) mass is 241 g/mol. The van der Waals surface area contributed by atoms with E-state index in [1.807, 2.05) is 37.4 Å². The maximum Gasteiger partial charge on any atom is 0.203 e. The summed E-state index contributed by atoms with van der Waals surface area (Å²) < 4.78 is 7.36. The molecule has 0 atom stereocenters. The molecule has 1 aromatic carbocycles. The molecule has 0 aliphatic carbocycles. The molecule has 3 aromatic rings. The van der Waals surface area contributed by atoms with Gasteiger partial charge < -0.3 is 14.3 Å². The Morgan fingerprint density at radius 2 is 2.11 bits per heavy atom. The van der Waals surface area contributed by atoms with Gasteiger partial charge in [-0.1, -0.05) is 12.1 Å². The number of furan rings is 1. The SMILES string of the molecule is Cn1c(NCCc2ccco2)nc2ccccc21. The summed E-state index contributed by atoms with van der Waals surface area (Å²) in [5.74, 6) is 1.88. The first kappa shape index (κ1) is 10.9. The average molecular weight is 241 g/mol. The molecule has 1 N–H and O–H groups in total. The van der Waals surface area contributed by atoms with Gasteiger partial charge in [0, 0.05) is 20.0 Å². The third-order valence-corrected chi connectivity index (χ3v) is 3.02. The summed E-state index contributed by atoms with van der Waals surface area (Å²) in [7, 11) is 2.02. The predicted octanol–water partition coefficient (Wildman–Crippen LogP) is 2.82. The number of hydrogen-bond donors (Lipinski definition) is 1. The molecule has 4 heteroatoms. The molecular weight excluding hydrogens is 226 g/mol. The van der Waals surface area contributed by atoms with Gasteiger partial charge in [-0.3, -0.25) is 0 Å². The molecule has 4 nitrogen and oxygen atoms in total. The molecule has 0 aliphatic rings. The highest BCUT2D eigenvalue weighted by atomic mass is 16.3. The number of aromatic nitrogens is 2. The number of para-hydroxylation sites is 2. The first-order valence-electron chi connectivity index (χ1n) is 6.02. The minimum absolute atomic E-state index is 0.810. The van der Waals surface area contributed by atoms with Gasteiger partial charge in [0.15, 0.2) is 0 Å². The van der Waals surface area contributed by atoms with Crippen molar-refractivity contribution in [3.8, 4) is 0 Å². The quantitative estimate of drug-likeness (QED) is 0.763. The van der Waals surface area contributed by atoms with Gasteiger partial charge in [-0.25, -0.2) is 4.98 Å². The Hall–Kier alpha value is -2.23. The van der Waals surface area contributed by atoms with Crippen LogP contribution in [0.3, 0.4) is 0 Å². The maximum absolute atomic E-state index is 5.29. The molecule has 0 radical (unpaired) electrons. The lowest BCUT2D eigenvalue weighted by atomic mass is 10.3. The lowest BCUT2D eigenvalue weighted by Crippen LogP contribution is -2.08. The highest BCUT2D eigenvalue weighted by molar-refractivity contribution is 5.78. The largest absolute Gasteiger partial charge is 0.469 e. The van der Waals surface area contributed by atoms with Crippen LogP contribution in [0.5, 0.6) is 0 Å². The minimum Gasteiger partial charge on any atom is -0.469 e. The van der Waals surface area contributed by atoms with Crippen molar-refractivity contribution >= 4 is 17.0 Å². The maximum atomic E-state index is 5.29. The lowest BCUT2D eigenvalue weighted by Gasteiger charge is -2.04. The number of anilines is 1. The Bertz CT molecular complexity index is 640. The van der Waals surface area contributed by atoms with E-state index in [9.17, 15) is 0 Å². The first-order chi connectivity index (χ1) is 8.84. The van der Waals surface area contributed by atoms with Crippen molar-refractivity contribution in [2.24, 2.45) is 7.05 Å². The van der Waals surface area contributed by atoms with E-state index in [0.29, 0.717) is 0 Å². The van der Waals surface area contributed by atoms with E-state index >= 15 is 0 Å². The van der Waals surface area contributed by atoms with Crippen molar-refractivity contribution in [2.75, 3.05) is 11.9 Å². The van der Waals surface area contributed by atoms with Gasteiger partial charge in [0.2, 0.25) is 5.95 Å². The van der Waals surface area contributed by atoms with E-state index < -0.39 is 0 Å². The van der Waals surface area contributed by atoms with Crippen LogP contribution in [-0.2, 0) is 13.5 Å². The predicted molar refractivity (Wildman–Crippen MR) is 71.6 cm³/mol. The molecule has 0 saturated carbocycles. The molecule has 0 amide bonds. The zero-order chi connectivity index (χ0) is 12.4. The highest BCUT2D eigenvalue weighted by Gasteiger charge is 2.06. The van der Waals surface area contributed by atoms with Crippen molar-refractivity contribution in [2.45, 2.75) is 6.42 Å². The summed E-state index contributed by atoms with van der Waals surface area (Å²) >= 11 is 0. The molecule has 0 saturated heterocycles. The fourth-order valence-corrected chi connectivity index (χ4v) is 2.06. The molecule has 2 heterocycles. The van der Waals surface area contributed by atoms with Crippen LogP contribution < -0.4 is 5.32 Å². The van der Waals surface area contributed by atoms with E-state index in [-0.39, 0.29) is 0 Å². The van der Waals surface area contributed by atoms with Crippen molar-refractivity contribution < 1.29 is 4.42 Å². The first-order valence-corrected chi connectivity index (χ1v) is 6.02. The van der Waals surface area contributed by atoms with Crippen LogP contribution in [0.4, 0.5) is 5.95 Å². The zero-order valence-electron chi connectivity index (χ0n) is 10.3. The average Bonchev–Trinajstić information content (AvgIpc) is 3.00. The topological polar surface area (TPSA) is 43.0 Å². The number of fused-ring (bicyclic) bond motifs is 1. The Labute approximate surface area is 105 Å². The second kappa shape index (κ2) is 4.56. The summed E-state index contributed by atoms with van der Waals surface area (Å²) in [5.41, 5.74) is 2.15. The van der Waals surface area contributed by atoms with Crippen molar-refractivity contribution in [3.63, 3.8) is 0 Å². The molecule has 92 valence electrons. The van der Waals surface area contributed by atoms with Crippen molar-refractivity contribution in [1.29, 1.82) is 0 Å². The molecule has 18 heavy (non-hydrogen) atoms. The molecule has 0 unspecified atom stereocenters. The minimum atomic E-state index is 0.810. The number of benzene rings is 1. The van der Waals surface area contributed by atoms with E-state index in [1.54, 1.807) is 6.26 Å². The van der Waals surface area contributed by atoms with Gasteiger partial charge in [-0.2, -0.15) is 0 Å². The normalized spacial score (nSPS) is 10.9. The van der Waals surface area contributed by atoms with Crippen LogP contribution >= 0.6 is 0 Å². The summed E-state index contributed by atoms with van der Waals surface area (Å²) in [6, 6.07) is 12.0. The van der Waals surface area contributed by atoms with Crippen molar-refractivity contribution in [3.05, 3.63) is 48.4 Å². The Kier molecular flexibility index (Phi) is 2.76. The standard InChI is InChI=1S/C14H15N3O/c1-17-13-7-3-2-6-12(13)16-14(17)15-9-8-11-5-4-10-18-11/h2-7,10H,8-9H2,1H3,(H,15,16). The molecule has 2 aromatic heterocycles.